The first-order chi connectivity index (χ1) is 12.2. The van der Waals surface area contributed by atoms with Crippen LogP contribution in [0.25, 0.3) is 0 Å². The van der Waals surface area contributed by atoms with Crippen LogP contribution >= 0.6 is 0 Å². The third-order valence-electron chi connectivity index (χ3n) is 5.93. The Bertz CT molecular complexity index is 695. The maximum atomic E-state index is 4.60. The summed E-state index contributed by atoms with van der Waals surface area (Å²) in [5.41, 5.74) is 5.71. The van der Waals surface area contributed by atoms with Gasteiger partial charge < -0.3 is 0 Å². The summed E-state index contributed by atoms with van der Waals surface area (Å²) in [4.78, 5) is 5.36. The molecular formula is C21H30N4. The van der Waals surface area contributed by atoms with Crippen LogP contribution in [0.4, 0.5) is 0 Å². The van der Waals surface area contributed by atoms with Crippen molar-refractivity contribution in [3.8, 4) is 0 Å². The van der Waals surface area contributed by atoms with E-state index in [1.165, 1.54) is 56.7 Å². The van der Waals surface area contributed by atoms with Crippen LogP contribution in [0.3, 0.4) is 0 Å². The van der Waals surface area contributed by atoms with Gasteiger partial charge in [-0.05, 0) is 57.3 Å². The smallest absolute Gasteiger partial charge is 0.0638 e. The molecule has 0 unspecified atom stereocenters. The number of fused-ring (bicyclic) bond motifs is 1. The zero-order valence-electron chi connectivity index (χ0n) is 15.6. The SMILES string of the molecule is CCn1cc(CN2CCCN(C3Cc4ccccc4C3)CC2)c(C)n1. The monoisotopic (exact) mass is 338 g/mol. The van der Waals surface area contributed by atoms with Gasteiger partial charge in [0.1, 0.15) is 0 Å². The van der Waals surface area contributed by atoms with Crippen LogP contribution in [0.2, 0.25) is 0 Å². The van der Waals surface area contributed by atoms with Crippen molar-refractivity contribution in [2.75, 3.05) is 26.2 Å². The fourth-order valence-electron chi connectivity index (χ4n) is 4.43. The average molecular weight is 338 g/mol. The van der Waals surface area contributed by atoms with E-state index in [4.69, 9.17) is 0 Å². The number of aryl methyl sites for hydroxylation is 2. The summed E-state index contributed by atoms with van der Waals surface area (Å²) >= 11 is 0. The number of nitrogens with zero attached hydrogens (tertiary/aromatic N) is 4. The van der Waals surface area contributed by atoms with Gasteiger partial charge in [-0.25, -0.2) is 0 Å². The van der Waals surface area contributed by atoms with Gasteiger partial charge in [0.25, 0.3) is 0 Å². The van der Waals surface area contributed by atoms with E-state index < -0.39 is 0 Å². The summed E-state index contributed by atoms with van der Waals surface area (Å²) in [6, 6.07) is 9.71. The molecule has 0 atom stereocenters. The Kier molecular flexibility index (Phi) is 4.91. The highest BCUT2D eigenvalue weighted by Crippen LogP contribution is 2.26. The number of hydrogen-bond acceptors (Lipinski definition) is 3. The van der Waals surface area contributed by atoms with Gasteiger partial charge in [0.2, 0.25) is 0 Å². The summed E-state index contributed by atoms with van der Waals surface area (Å²) in [7, 11) is 0. The molecule has 1 aromatic carbocycles. The Hall–Kier alpha value is -1.65. The van der Waals surface area contributed by atoms with Crippen molar-refractivity contribution < 1.29 is 0 Å². The third-order valence-corrected chi connectivity index (χ3v) is 5.93. The van der Waals surface area contributed by atoms with Crippen LogP contribution in [-0.4, -0.2) is 51.8 Å². The van der Waals surface area contributed by atoms with Gasteiger partial charge in [0, 0.05) is 44.0 Å². The first-order valence-electron chi connectivity index (χ1n) is 9.79. The zero-order valence-corrected chi connectivity index (χ0v) is 15.6. The first-order valence-corrected chi connectivity index (χ1v) is 9.79. The molecule has 0 spiro atoms. The van der Waals surface area contributed by atoms with E-state index in [-0.39, 0.29) is 0 Å². The number of aromatic nitrogens is 2. The second-order valence-electron chi connectivity index (χ2n) is 7.59. The molecule has 2 aromatic rings. The molecule has 0 saturated carbocycles. The minimum Gasteiger partial charge on any atom is -0.298 e. The predicted octanol–water partition coefficient (Wildman–Crippen LogP) is 2.89. The van der Waals surface area contributed by atoms with E-state index in [1.54, 1.807) is 11.1 Å². The van der Waals surface area contributed by atoms with Gasteiger partial charge in [0.05, 0.1) is 5.69 Å². The molecule has 4 heteroatoms. The lowest BCUT2D eigenvalue weighted by molar-refractivity contribution is 0.201. The molecule has 2 heterocycles. The van der Waals surface area contributed by atoms with Crippen LogP contribution < -0.4 is 0 Å². The molecule has 1 aliphatic carbocycles. The van der Waals surface area contributed by atoms with Crippen molar-refractivity contribution in [3.05, 3.63) is 52.8 Å². The first kappa shape index (κ1) is 16.8. The van der Waals surface area contributed by atoms with Crippen LogP contribution in [0.15, 0.2) is 30.5 Å². The van der Waals surface area contributed by atoms with E-state index in [1.807, 2.05) is 0 Å². The predicted molar refractivity (Wildman–Crippen MR) is 102 cm³/mol. The molecule has 0 radical (unpaired) electrons. The normalized spacial score (nSPS) is 19.9. The van der Waals surface area contributed by atoms with Crippen LogP contribution in [0, 0.1) is 6.92 Å². The van der Waals surface area contributed by atoms with Gasteiger partial charge in [-0.3, -0.25) is 14.5 Å². The van der Waals surface area contributed by atoms with Gasteiger partial charge >= 0.3 is 0 Å². The van der Waals surface area contributed by atoms with Gasteiger partial charge in [0.15, 0.2) is 0 Å². The fraction of sp³-hybridized carbons (Fsp3) is 0.571. The quantitative estimate of drug-likeness (QED) is 0.857. The third kappa shape index (κ3) is 3.65. The summed E-state index contributed by atoms with van der Waals surface area (Å²) in [5, 5.41) is 4.60. The fourth-order valence-corrected chi connectivity index (χ4v) is 4.43. The summed E-state index contributed by atoms with van der Waals surface area (Å²) < 4.78 is 2.06. The highest BCUT2D eigenvalue weighted by atomic mass is 15.3. The van der Waals surface area contributed by atoms with E-state index in [0.29, 0.717) is 6.04 Å². The number of benzene rings is 1. The topological polar surface area (TPSA) is 24.3 Å². The second kappa shape index (κ2) is 7.30. The van der Waals surface area contributed by atoms with E-state index in [9.17, 15) is 0 Å². The molecule has 1 fully saturated rings. The molecule has 0 bridgehead atoms. The Labute approximate surface area is 151 Å². The van der Waals surface area contributed by atoms with Gasteiger partial charge in [-0.2, -0.15) is 5.10 Å². The summed E-state index contributed by atoms with van der Waals surface area (Å²) in [6.07, 6.45) is 5.97. The van der Waals surface area contributed by atoms with Crippen LogP contribution in [0.1, 0.15) is 35.7 Å². The largest absolute Gasteiger partial charge is 0.298 e. The highest BCUT2D eigenvalue weighted by molar-refractivity contribution is 5.33. The highest BCUT2D eigenvalue weighted by Gasteiger charge is 2.28. The van der Waals surface area contributed by atoms with Crippen molar-refractivity contribution in [1.29, 1.82) is 0 Å². The lowest BCUT2D eigenvalue weighted by Crippen LogP contribution is -2.38. The van der Waals surface area contributed by atoms with Crippen molar-refractivity contribution >= 4 is 0 Å². The maximum absolute atomic E-state index is 4.60. The van der Waals surface area contributed by atoms with Crippen molar-refractivity contribution in [2.24, 2.45) is 0 Å². The summed E-state index contributed by atoms with van der Waals surface area (Å²) in [5.74, 6) is 0. The number of rotatable bonds is 4. The molecule has 1 aromatic heterocycles. The molecule has 0 N–H and O–H groups in total. The zero-order chi connectivity index (χ0) is 17.2. The second-order valence-corrected chi connectivity index (χ2v) is 7.59. The minimum absolute atomic E-state index is 0.710. The van der Waals surface area contributed by atoms with Crippen LogP contribution in [-0.2, 0) is 25.9 Å². The Balaban J connectivity index is 1.35. The number of hydrogen-bond donors (Lipinski definition) is 0. The molecule has 134 valence electrons. The maximum Gasteiger partial charge on any atom is 0.0638 e. The minimum atomic E-state index is 0.710. The van der Waals surface area contributed by atoms with E-state index in [2.05, 4.69) is 63.9 Å². The molecule has 4 rings (SSSR count). The van der Waals surface area contributed by atoms with Crippen molar-refractivity contribution in [2.45, 2.75) is 52.2 Å². The Morgan fingerprint density at radius 3 is 2.48 bits per heavy atom. The molecule has 0 amide bonds. The average Bonchev–Trinajstić information content (AvgIpc) is 3.12. The van der Waals surface area contributed by atoms with Crippen molar-refractivity contribution in [1.82, 2.24) is 19.6 Å². The molecule has 1 aliphatic heterocycles. The van der Waals surface area contributed by atoms with Gasteiger partial charge in [-0.1, -0.05) is 24.3 Å². The lowest BCUT2D eigenvalue weighted by Gasteiger charge is -2.27. The summed E-state index contributed by atoms with van der Waals surface area (Å²) in [6.45, 7) is 11.1. The Morgan fingerprint density at radius 2 is 1.80 bits per heavy atom. The lowest BCUT2D eigenvalue weighted by atomic mass is 10.1. The van der Waals surface area contributed by atoms with Crippen molar-refractivity contribution in [3.63, 3.8) is 0 Å². The molecule has 1 saturated heterocycles. The molecule has 25 heavy (non-hydrogen) atoms. The molecular weight excluding hydrogens is 308 g/mol. The molecule has 4 nitrogen and oxygen atoms in total. The van der Waals surface area contributed by atoms with E-state index in [0.717, 1.165) is 13.1 Å². The van der Waals surface area contributed by atoms with E-state index >= 15 is 0 Å². The molecule has 2 aliphatic rings. The van der Waals surface area contributed by atoms with Crippen LogP contribution in [0.5, 0.6) is 0 Å². The van der Waals surface area contributed by atoms with Gasteiger partial charge in [-0.15, -0.1) is 0 Å². The Morgan fingerprint density at radius 1 is 1.04 bits per heavy atom. The standard InChI is InChI=1S/C21H30N4/c1-3-25-16-20(17(2)22-25)15-23-9-6-10-24(12-11-23)21-13-18-7-4-5-8-19(18)14-21/h4-5,7-8,16,21H,3,6,9-15H2,1-2H3.